The van der Waals surface area contributed by atoms with Crippen LogP contribution in [-0.4, -0.2) is 9.97 Å². The van der Waals surface area contributed by atoms with Gasteiger partial charge in [0, 0.05) is 11.3 Å². The summed E-state index contributed by atoms with van der Waals surface area (Å²) in [6, 6.07) is 3.54. The molecule has 0 aliphatic heterocycles. The zero-order valence-corrected chi connectivity index (χ0v) is 10.3. The first-order valence-corrected chi connectivity index (χ1v) is 5.53. The average molecular weight is 291 g/mol. The highest BCUT2D eigenvalue weighted by atomic mass is 35.5. The molecule has 0 aliphatic rings. The van der Waals surface area contributed by atoms with Gasteiger partial charge >= 0.3 is 6.18 Å². The normalized spacial score (nSPS) is 11.7. The Morgan fingerprint density at radius 1 is 1.11 bits per heavy atom. The molecule has 0 radical (unpaired) electrons. The van der Waals surface area contributed by atoms with Gasteiger partial charge in [0.15, 0.2) is 5.82 Å². The summed E-state index contributed by atoms with van der Waals surface area (Å²) in [7, 11) is 0. The first-order chi connectivity index (χ1) is 8.77. The van der Waals surface area contributed by atoms with Gasteiger partial charge in [-0.15, -0.1) is 0 Å². The number of rotatable bonds is 1. The summed E-state index contributed by atoms with van der Waals surface area (Å²) in [5.41, 5.74) is -1.04. The number of nitrogens with zero attached hydrogens (tertiary/aromatic N) is 2. The first kappa shape index (κ1) is 13.7. The van der Waals surface area contributed by atoms with Gasteiger partial charge in [-0.25, -0.2) is 14.4 Å². The van der Waals surface area contributed by atoms with Gasteiger partial charge in [0.2, 0.25) is 0 Å². The van der Waals surface area contributed by atoms with Crippen LogP contribution in [0.3, 0.4) is 0 Å². The van der Waals surface area contributed by atoms with E-state index in [2.05, 4.69) is 9.97 Å². The van der Waals surface area contributed by atoms with Gasteiger partial charge in [-0.05, 0) is 31.2 Å². The van der Waals surface area contributed by atoms with Crippen molar-refractivity contribution in [2.75, 3.05) is 0 Å². The smallest absolute Gasteiger partial charge is 0.233 e. The first-order valence-electron chi connectivity index (χ1n) is 5.15. The summed E-state index contributed by atoms with van der Waals surface area (Å²) in [5, 5.41) is -0.000106. The number of halogens is 5. The van der Waals surface area contributed by atoms with E-state index >= 15 is 0 Å². The minimum absolute atomic E-state index is 0.000106. The highest BCUT2D eigenvalue weighted by Gasteiger charge is 2.34. The molecule has 2 rings (SSSR count). The van der Waals surface area contributed by atoms with Crippen LogP contribution < -0.4 is 0 Å². The van der Waals surface area contributed by atoms with E-state index < -0.39 is 23.1 Å². The largest absolute Gasteiger partial charge is 0.417 e. The van der Waals surface area contributed by atoms with E-state index in [9.17, 15) is 17.6 Å². The lowest BCUT2D eigenvalue weighted by atomic mass is 10.1. The summed E-state index contributed by atoms with van der Waals surface area (Å²) in [5.74, 6) is -1.05. The minimum atomic E-state index is -4.62. The van der Waals surface area contributed by atoms with Gasteiger partial charge in [0.1, 0.15) is 11.0 Å². The highest BCUT2D eigenvalue weighted by molar-refractivity contribution is 6.29. The second kappa shape index (κ2) is 4.77. The molecule has 19 heavy (non-hydrogen) atoms. The predicted molar refractivity (Wildman–Crippen MR) is 62.2 cm³/mol. The summed E-state index contributed by atoms with van der Waals surface area (Å²) in [4.78, 5) is 7.56. The monoisotopic (exact) mass is 290 g/mol. The van der Waals surface area contributed by atoms with Crippen LogP contribution in [0.1, 0.15) is 11.3 Å². The Morgan fingerprint density at radius 2 is 1.79 bits per heavy atom. The van der Waals surface area contributed by atoms with E-state index in [4.69, 9.17) is 11.6 Å². The molecule has 2 aromatic rings. The molecule has 0 N–H and O–H groups in total. The third kappa shape index (κ3) is 3.01. The Bertz CT molecular complexity index is 605. The number of aromatic nitrogens is 2. The predicted octanol–water partition coefficient (Wildman–Crippen LogP) is 4.26. The van der Waals surface area contributed by atoms with E-state index in [0.29, 0.717) is 11.8 Å². The number of benzene rings is 1. The second-order valence-corrected chi connectivity index (χ2v) is 4.23. The van der Waals surface area contributed by atoms with Crippen LogP contribution in [0.15, 0.2) is 24.3 Å². The second-order valence-electron chi connectivity index (χ2n) is 3.84. The maximum Gasteiger partial charge on any atom is 0.417 e. The standard InChI is InChI=1S/C12H7ClF4N2/c1-6-4-10(13)19-11(18-6)8-5-7(14)2-3-9(8)12(15,16)17/h2-5H,1H3. The van der Waals surface area contributed by atoms with E-state index in [1.54, 1.807) is 6.92 Å². The Morgan fingerprint density at radius 3 is 2.37 bits per heavy atom. The maximum absolute atomic E-state index is 13.2. The zero-order chi connectivity index (χ0) is 14.2. The van der Waals surface area contributed by atoms with Crippen LogP contribution in [0.4, 0.5) is 17.6 Å². The maximum atomic E-state index is 13.2. The molecule has 0 saturated heterocycles. The molecule has 2 nitrogen and oxygen atoms in total. The molecule has 0 aliphatic carbocycles. The van der Waals surface area contributed by atoms with Crippen molar-refractivity contribution in [1.29, 1.82) is 0 Å². The van der Waals surface area contributed by atoms with Crippen molar-refractivity contribution in [1.82, 2.24) is 9.97 Å². The molecule has 100 valence electrons. The fourth-order valence-electron chi connectivity index (χ4n) is 1.60. The highest BCUT2D eigenvalue weighted by Crippen LogP contribution is 2.36. The van der Waals surface area contributed by atoms with Crippen molar-refractivity contribution in [2.24, 2.45) is 0 Å². The number of hydrogen-bond donors (Lipinski definition) is 0. The van der Waals surface area contributed by atoms with Gasteiger partial charge in [0.05, 0.1) is 5.56 Å². The molecule has 1 aromatic heterocycles. The lowest BCUT2D eigenvalue weighted by Gasteiger charge is -2.12. The van der Waals surface area contributed by atoms with Crippen LogP contribution in [0, 0.1) is 12.7 Å². The zero-order valence-electron chi connectivity index (χ0n) is 9.59. The van der Waals surface area contributed by atoms with Crippen LogP contribution in [-0.2, 0) is 6.18 Å². The van der Waals surface area contributed by atoms with Gasteiger partial charge < -0.3 is 0 Å². The quantitative estimate of drug-likeness (QED) is 0.579. The van der Waals surface area contributed by atoms with Crippen molar-refractivity contribution in [3.05, 3.63) is 46.5 Å². The molecular weight excluding hydrogens is 284 g/mol. The topological polar surface area (TPSA) is 25.8 Å². The van der Waals surface area contributed by atoms with E-state index in [-0.39, 0.29) is 11.0 Å². The summed E-state index contributed by atoms with van der Waals surface area (Å²) >= 11 is 5.68. The molecule has 0 spiro atoms. The van der Waals surface area contributed by atoms with E-state index in [1.165, 1.54) is 6.07 Å². The van der Waals surface area contributed by atoms with Crippen molar-refractivity contribution in [2.45, 2.75) is 13.1 Å². The number of aryl methyl sites for hydroxylation is 1. The van der Waals surface area contributed by atoms with Gasteiger partial charge in [-0.2, -0.15) is 13.2 Å². The van der Waals surface area contributed by atoms with Crippen molar-refractivity contribution < 1.29 is 17.6 Å². The lowest BCUT2D eigenvalue weighted by Crippen LogP contribution is -2.09. The van der Waals surface area contributed by atoms with E-state index in [0.717, 1.165) is 12.1 Å². The number of hydrogen-bond acceptors (Lipinski definition) is 2. The molecule has 0 atom stereocenters. The fourth-order valence-corrected chi connectivity index (χ4v) is 1.84. The molecular formula is C12H7ClF4N2. The summed E-state index contributed by atoms with van der Waals surface area (Å²) in [6.07, 6.45) is -4.62. The third-order valence-electron chi connectivity index (χ3n) is 2.35. The van der Waals surface area contributed by atoms with Gasteiger partial charge in [0.25, 0.3) is 0 Å². The molecule has 0 fully saturated rings. The minimum Gasteiger partial charge on any atom is -0.233 e. The Kier molecular flexibility index (Phi) is 3.45. The molecule has 0 unspecified atom stereocenters. The van der Waals surface area contributed by atoms with E-state index in [1.807, 2.05) is 0 Å². The molecule has 7 heteroatoms. The Hall–Kier alpha value is -1.69. The molecule has 0 saturated carbocycles. The fraction of sp³-hybridized carbons (Fsp3) is 0.167. The van der Waals surface area contributed by atoms with Gasteiger partial charge in [-0.3, -0.25) is 0 Å². The summed E-state index contributed by atoms with van der Waals surface area (Å²) in [6.45, 7) is 1.56. The number of alkyl halides is 3. The van der Waals surface area contributed by atoms with Crippen LogP contribution >= 0.6 is 11.6 Å². The SMILES string of the molecule is Cc1cc(Cl)nc(-c2cc(F)ccc2C(F)(F)F)n1. The molecule has 1 aromatic carbocycles. The molecule has 0 amide bonds. The van der Waals surface area contributed by atoms with Crippen molar-refractivity contribution in [3.8, 4) is 11.4 Å². The lowest BCUT2D eigenvalue weighted by molar-refractivity contribution is -0.137. The Balaban J connectivity index is 2.70. The van der Waals surface area contributed by atoms with Crippen LogP contribution in [0.25, 0.3) is 11.4 Å². The van der Waals surface area contributed by atoms with Crippen LogP contribution in [0.2, 0.25) is 5.15 Å². The molecule has 0 bridgehead atoms. The van der Waals surface area contributed by atoms with Crippen molar-refractivity contribution >= 4 is 11.6 Å². The Labute approximate surface area is 111 Å². The average Bonchev–Trinajstić information content (AvgIpc) is 2.25. The van der Waals surface area contributed by atoms with Crippen LogP contribution in [0.5, 0.6) is 0 Å². The van der Waals surface area contributed by atoms with Crippen molar-refractivity contribution in [3.63, 3.8) is 0 Å². The summed E-state index contributed by atoms with van der Waals surface area (Å²) < 4.78 is 51.7. The third-order valence-corrected chi connectivity index (χ3v) is 2.54. The molecule has 1 heterocycles. The van der Waals surface area contributed by atoms with Gasteiger partial charge in [-0.1, -0.05) is 11.6 Å².